The first-order valence-electron chi connectivity index (χ1n) is 9.41. The summed E-state index contributed by atoms with van der Waals surface area (Å²) < 4.78 is 10.5. The van der Waals surface area contributed by atoms with Crippen molar-refractivity contribution in [1.29, 1.82) is 0 Å². The molecule has 1 saturated heterocycles. The number of hydrogen-bond donors (Lipinski definition) is 0. The highest BCUT2D eigenvalue weighted by Crippen LogP contribution is 2.26. The van der Waals surface area contributed by atoms with E-state index in [0.29, 0.717) is 29.5 Å². The Labute approximate surface area is 173 Å². The van der Waals surface area contributed by atoms with E-state index in [-0.39, 0.29) is 18.6 Å². The largest absolute Gasteiger partial charge is 0.439 e. The Morgan fingerprint density at radius 2 is 1.93 bits per heavy atom. The summed E-state index contributed by atoms with van der Waals surface area (Å²) in [4.78, 5) is 20.7. The van der Waals surface area contributed by atoms with Crippen LogP contribution in [-0.4, -0.2) is 53.7 Å². The Bertz CT molecular complexity index is 999. The van der Waals surface area contributed by atoms with Crippen LogP contribution in [0.25, 0.3) is 11.4 Å². The van der Waals surface area contributed by atoms with E-state index in [1.165, 1.54) is 11.3 Å². The number of aromatic nitrogens is 2. The van der Waals surface area contributed by atoms with E-state index in [1.807, 2.05) is 12.1 Å². The average Bonchev–Trinajstić information content (AvgIpc) is 3.21. The summed E-state index contributed by atoms with van der Waals surface area (Å²) >= 11 is 6.13. The number of aryl methyl sites for hydroxylation is 1. The van der Waals surface area contributed by atoms with Crippen molar-refractivity contribution in [1.82, 2.24) is 15.0 Å². The normalized spacial score (nSPS) is 14.1. The van der Waals surface area contributed by atoms with E-state index < -0.39 is 0 Å². The first kappa shape index (κ1) is 19.3. The molecule has 2 aromatic carbocycles. The summed E-state index contributed by atoms with van der Waals surface area (Å²) in [5.41, 5.74) is 3.06. The monoisotopic (exact) mass is 412 g/mol. The van der Waals surface area contributed by atoms with Gasteiger partial charge in [0.2, 0.25) is 5.82 Å². The Morgan fingerprint density at radius 3 is 2.69 bits per heavy atom. The molecule has 1 aromatic heterocycles. The van der Waals surface area contributed by atoms with Crippen molar-refractivity contribution in [3.8, 4) is 17.5 Å². The van der Waals surface area contributed by atoms with Gasteiger partial charge in [0.1, 0.15) is 0 Å². The molecule has 4 rings (SSSR count). The number of benzene rings is 2. The molecule has 3 aromatic rings. The van der Waals surface area contributed by atoms with Gasteiger partial charge in [-0.3, -0.25) is 9.32 Å². The minimum Gasteiger partial charge on any atom is -0.439 e. The maximum atomic E-state index is 12.5. The summed E-state index contributed by atoms with van der Waals surface area (Å²) in [6.45, 7) is 4.79. The third-order valence-corrected chi connectivity index (χ3v) is 5.17. The highest BCUT2D eigenvalue weighted by molar-refractivity contribution is 6.33. The zero-order valence-electron chi connectivity index (χ0n) is 16.0. The second kappa shape index (κ2) is 8.53. The van der Waals surface area contributed by atoms with Gasteiger partial charge >= 0.3 is 6.08 Å². The van der Waals surface area contributed by atoms with Crippen LogP contribution in [-0.2, 0) is 4.79 Å². The molecule has 1 aliphatic heterocycles. The molecule has 1 aliphatic rings. The van der Waals surface area contributed by atoms with Gasteiger partial charge in [0.15, 0.2) is 6.61 Å². The number of piperazine rings is 1. The maximum Gasteiger partial charge on any atom is 0.418 e. The van der Waals surface area contributed by atoms with Crippen molar-refractivity contribution in [3.63, 3.8) is 0 Å². The quantitative estimate of drug-likeness (QED) is 0.639. The van der Waals surface area contributed by atoms with Crippen molar-refractivity contribution < 1.29 is 14.1 Å². The Balaban J connectivity index is 1.29. The van der Waals surface area contributed by atoms with Gasteiger partial charge in [0, 0.05) is 37.4 Å². The van der Waals surface area contributed by atoms with Crippen LogP contribution >= 0.6 is 11.6 Å². The number of ether oxygens (including phenoxy) is 1. The lowest BCUT2D eigenvalue weighted by Crippen LogP contribution is -2.50. The highest BCUT2D eigenvalue weighted by Gasteiger charge is 2.22. The van der Waals surface area contributed by atoms with Crippen LogP contribution in [0.2, 0.25) is 5.02 Å². The van der Waals surface area contributed by atoms with E-state index in [2.05, 4.69) is 46.2 Å². The SMILES string of the molecule is Cc1cccc(N2CCN(C(=O)COc3nc(-c4ccccc4Cl)no3)CC2)c1. The maximum absolute atomic E-state index is 12.5. The predicted octanol–water partition coefficient (Wildman–Crippen LogP) is 3.43. The molecule has 2 heterocycles. The fraction of sp³-hybridized carbons (Fsp3) is 0.286. The Morgan fingerprint density at radius 1 is 1.14 bits per heavy atom. The molecule has 1 amide bonds. The molecular formula is C21H21ClN4O3. The number of nitrogens with zero attached hydrogens (tertiary/aromatic N) is 4. The summed E-state index contributed by atoms with van der Waals surface area (Å²) in [5, 5.41) is 4.38. The average molecular weight is 413 g/mol. The van der Waals surface area contributed by atoms with E-state index in [1.54, 1.807) is 17.0 Å². The number of hydrogen-bond acceptors (Lipinski definition) is 6. The van der Waals surface area contributed by atoms with E-state index in [9.17, 15) is 4.79 Å². The smallest absolute Gasteiger partial charge is 0.418 e. The molecule has 7 nitrogen and oxygen atoms in total. The number of rotatable bonds is 5. The molecule has 0 saturated carbocycles. The number of carbonyl (C=O) groups excluding carboxylic acids is 1. The Hall–Kier alpha value is -3.06. The van der Waals surface area contributed by atoms with E-state index in [4.69, 9.17) is 20.9 Å². The zero-order chi connectivity index (χ0) is 20.2. The number of carbonyl (C=O) groups is 1. The Kier molecular flexibility index (Phi) is 5.67. The summed E-state index contributed by atoms with van der Waals surface area (Å²) in [6.07, 6.45) is -0.0494. The third-order valence-electron chi connectivity index (χ3n) is 4.84. The molecule has 0 spiro atoms. The fourth-order valence-electron chi connectivity index (χ4n) is 3.27. The molecule has 0 radical (unpaired) electrons. The van der Waals surface area contributed by atoms with Gasteiger partial charge in [-0.1, -0.05) is 41.0 Å². The molecule has 0 aliphatic carbocycles. The highest BCUT2D eigenvalue weighted by atomic mass is 35.5. The molecule has 8 heteroatoms. The second-order valence-electron chi connectivity index (χ2n) is 6.86. The molecule has 0 bridgehead atoms. The van der Waals surface area contributed by atoms with Crippen molar-refractivity contribution in [2.24, 2.45) is 0 Å². The van der Waals surface area contributed by atoms with Crippen LogP contribution in [0.15, 0.2) is 53.1 Å². The van der Waals surface area contributed by atoms with Crippen molar-refractivity contribution >= 4 is 23.2 Å². The van der Waals surface area contributed by atoms with Crippen LogP contribution in [0.5, 0.6) is 6.08 Å². The molecule has 0 unspecified atom stereocenters. The van der Waals surface area contributed by atoms with Crippen LogP contribution in [0, 0.1) is 6.92 Å². The summed E-state index contributed by atoms with van der Waals surface area (Å²) in [7, 11) is 0. The van der Waals surface area contributed by atoms with Crippen LogP contribution in [0.4, 0.5) is 5.69 Å². The zero-order valence-corrected chi connectivity index (χ0v) is 16.8. The number of anilines is 1. The lowest BCUT2D eigenvalue weighted by atomic mass is 10.2. The standard InChI is InChI=1S/C21H21ClN4O3/c1-15-5-4-6-16(13-15)25-9-11-26(12-10-25)19(27)14-28-21-23-20(24-29-21)17-7-2-3-8-18(17)22/h2-8,13H,9-12,14H2,1H3. The van der Waals surface area contributed by atoms with Gasteiger partial charge in [-0.15, -0.1) is 0 Å². The van der Waals surface area contributed by atoms with Crippen molar-refractivity contribution in [2.75, 3.05) is 37.7 Å². The van der Waals surface area contributed by atoms with Crippen LogP contribution < -0.4 is 9.64 Å². The molecule has 29 heavy (non-hydrogen) atoms. The summed E-state index contributed by atoms with van der Waals surface area (Å²) in [6, 6.07) is 15.6. The van der Waals surface area contributed by atoms with Gasteiger partial charge in [-0.05, 0) is 36.8 Å². The topological polar surface area (TPSA) is 71.7 Å². The first-order valence-corrected chi connectivity index (χ1v) is 9.79. The lowest BCUT2D eigenvalue weighted by molar-refractivity contribution is -0.134. The molecule has 1 fully saturated rings. The lowest BCUT2D eigenvalue weighted by Gasteiger charge is -2.36. The fourth-order valence-corrected chi connectivity index (χ4v) is 3.49. The third kappa shape index (κ3) is 4.51. The van der Waals surface area contributed by atoms with Gasteiger partial charge in [-0.25, -0.2) is 0 Å². The van der Waals surface area contributed by atoms with Crippen molar-refractivity contribution in [2.45, 2.75) is 6.92 Å². The van der Waals surface area contributed by atoms with Gasteiger partial charge in [0.05, 0.1) is 5.02 Å². The van der Waals surface area contributed by atoms with Crippen LogP contribution in [0.3, 0.4) is 0 Å². The van der Waals surface area contributed by atoms with Gasteiger partial charge in [0.25, 0.3) is 5.91 Å². The minimum atomic E-state index is -0.144. The number of halogens is 1. The number of amides is 1. The van der Waals surface area contributed by atoms with E-state index in [0.717, 1.165) is 13.1 Å². The summed E-state index contributed by atoms with van der Waals surface area (Å²) in [5.74, 6) is 0.219. The van der Waals surface area contributed by atoms with E-state index >= 15 is 0 Å². The van der Waals surface area contributed by atoms with Gasteiger partial charge < -0.3 is 14.5 Å². The van der Waals surface area contributed by atoms with Gasteiger partial charge in [-0.2, -0.15) is 4.98 Å². The predicted molar refractivity (Wildman–Crippen MR) is 110 cm³/mol. The second-order valence-corrected chi connectivity index (χ2v) is 7.27. The molecular weight excluding hydrogens is 392 g/mol. The first-order chi connectivity index (χ1) is 14.1. The van der Waals surface area contributed by atoms with Crippen molar-refractivity contribution in [3.05, 3.63) is 59.1 Å². The minimum absolute atomic E-state index is 0.0494. The molecule has 0 N–H and O–H groups in total. The molecule has 0 atom stereocenters. The van der Waals surface area contributed by atoms with Crippen LogP contribution in [0.1, 0.15) is 5.56 Å². The molecule has 150 valence electrons.